The van der Waals surface area contributed by atoms with Crippen LogP contribution < -0.4 is 5.32 Å². The zero-order valence-corrected chi connectivity index (χ0v) is 14.0. The molecule has 0 saturated heterocycles. The monoisotopic (exact) mass is 314 g/mol. The number of esters is 1. The Kier molecular flexibility index (Phi) is 4.89. The molecule has 5 nitrogen and oxygen atoms in total. The summed E-state index contributed by atoms with van der Waals surface area (Å²) in [6.45, 7) is 9.55. The van der Waals surface area contributed by atoms with Crippen LogP contribution in [0.2, 0.25) is 0 Å². The normalized spacial score (nSPS) is 16.0. The zero-order valence-electron chi connectivity index (χ0n) is 14.0. The minimum absolute atomic E-state index is 0.129. The van der Waals surface area contributed by atoms with Crippen LogP contribution >= 0.6 is 0 Å². The molecular weight excluding hydrogens is 292 g/mol. The lowest BCUT2D eigenvalue weighted by Crippen LogP contribution is -2.15. The minimum atomic E-state index is -0.220. The van der Waals surface area contributed by atoms with E-state index >= 15 is 0 Å². The first kappa shape index (κ1) is 16.8. The average Bonchev–Trinajstić information content (AvgIpc) is 2.94. The Hall–Kier alpha value is -2.56. The maximum absolute atomic E-state index is 11.8. The molecule has 1 aromatic rings. The fourth-order valence-electron chi connectivity index (χ4n) is 2.80. The Bertz CT molecular complexity index is 736. The number of H-pyrrole nitrogens is 1. The molecule has 0 atom stereocenters. The van der Waals surface area contributed by atoms with Crippen molar-refractivity contribution in [3.8, 4) is 0 Å². The van der Waals surface area contributed by atoms with Gasteiger partial charge in [0.25, 0.3) is 5.91 Å². The molecule has 23 heavy (non-hydrogen) atoms. The number of aromatic nitrogens is 1. The number of nitrogens with one attached hydrogen (secondary N) is 2. The van der Waals surface area contributed by atoms with Crippen molar-refractivity contribution in [2.45, 2.75) is 33.6 Å². The van der Waals surface area contributed by atoms with Crippen molar-refractivity contribution in [1.82, 2.24) is 10.3 Å². The van der Waals surface area contributed by atoms with Crippen LogP contribution in [0.25, 0.3) is 6.08 Å². The molecular formula is C18H22N2O3. The quantitative estimate of drug-likeness (QED) is 0.821. The van der Waals surface area contributed by atoms with Gasteiger partial charge in [-0.15, -0.1) is 0 Å². The van der Waals surface area contributed by atoms with Gasteiger partial charge in [-0.05, 0) is 50.0 Å². The highest BCUT2D eigenvalue weighted by molar-refractivity contribution is 6.03. The molecule has 122 valence electrons. The van der Waals surface area contributed by atoms with E-state index in [-0.39, 0.29) is 11.9 Å². The largest absolute Gasteiger partial charge is 0.469 e. The van der Waals surface area contributed by atoms with E-state index in [1.165, 1.54) is 7.11 Å². The predicted octanol–water partition coefficient (Wildman–Crippen LogP) is 2.71. The number of carbonyl (C=O) groups excluding carboxylic acids is 2. The molecule has 0 fully saturated rings. The number of hydrogen-bond donors (Lipinski definition) is 2. The van der Waals surface area contributed by atoms with Crippen molar-refractivity contribution in [2.75, 3.05) is 7.11 Å². The average molecular weight is 314 g/mol. The van der Waals surface area contributed by atoms with Gasteiger partial charge < -0.3 is 15.0 Å². The van der Waals surface area contributed by atoms with Crippen molar-refractivity contribution < 1.29 is 14.3 Å². The van der Waals surface area contributed by atoms with E-state index in [1.807, 2.05) is 26.8 Å². The highest BCUT2D eigenvalue weighted by Gasteiger charge is 2.22. The predicted molar refractivity (Wildman–Crippen MR) is 89.6 cm³/mol. The Labute approximate surface area is 136 Å². The smallest absolute Gasteiger partial charge is 0.305 e. The fraction of sp³-hybridized carbons (Fsp3) is 0.333. The van der Waals surface area contributed by atoms with Gasteiger partial charge in [-0.1, -0.05) is 12.7 Å². The summed E-state index contributed by atoms with van der Waals surface area (Å²) in [4.78, 5) is 26.5. The van der Waals surface area contributed by atoms with Crippen molar-refractivity contribution >= 4 is 18.0 Å². The van der Waals surface area contributed by atoms with E-state index in [0.29, 0.717) is 18.4 Å². The second-order valence-electron chi connectivity index (χ2n) is 5.60. The first-order valence-electron chi connectivity index (χ1n) is 7.50. The zero-order chi connectivity index (χ0) is 17.1. The summed E-state index contributed by atoms with van der Waals surface area (Å²) in [5.74, 6) is -0.349. The standard InChI is InChI=1S/C18H22N2O3/c1-6-13-10(2)16(20-18(13)22)9-15-11(3)14(12(4)19-15)7-8-17(21)23-5/h6,9,19H,1,7-8H2,2-5H3,(H,20,22)/b16-9-. The molecule has 5 heteroatoms. The number of carbonyl (C=O) groups is 2. The maximum atomic E-state index is 11.8. The third-order valence-corrected chi connectivity index (χ3v) is 4.23. The van der Waals surface area contributed by atoms with Crippen LogP contribution in [0.3, 0.4) is 0 Å². The van der Waals surface area contributed by atoms with Crippen LogP contribution in [-0.4, -0.2) is 24.0 Å². The SMILES string of the molecule is C=CC1=C(C)/C(=C/c2[nH]c(C)c(CCC(=O)OC)c2C)NC1=O. The molecule has 1 aromatic heterocycles. The summed E-state index contributed by atoms with van der Waals surface area (Å²) in [7, 11) is 1.39. The lowest BCUT2D eigenvalue weighted by atomic mass is 10.0. The Morgan fingerprint density at radius 1 is 1.30 bits per heavy atom. The first-order valence-corrected chi connectivity index (χ1v) is 7.50. The molecule has 1 amide bonds. The number of rotatable bonds is 5. The molecule has 0 aromatic carbocycles. The second-order valence-corrected chi connectivity index (χ2v) is 5.60. The molecule has 2 N–H and O–H groups in total. The summed E-state index contributed by atoms with van der Waals surface area (Å²) in [5.41, 5.74) is 6.39. The maximum Gasteiger partial charge on any atom is 0.305 e. The summed E-state index contributed by atoms with van der Waals surface area (Å²) in [5, 5.41) is 2.85. The Morgan fingerprint density at radius 3 is 2.57 bits per heavy atom. The molecule has 0 bridgehead atoms. The van der Waals surface area contributed by atoms with Gasteiger partial charge in [0.15, 0.2) is 0 Å². The van der Waals surface area contributed by atoms with Gasteiger partial charge in [-0.25, -0.2) is 0 Å². The van der Waals surface area contributed by atoms with Gasteiger partial charge >= 0.3 is 5.97 Å². The van der Waals surface area contributed by atoms with E-state index < -0.39 is 0 Å². The Morgan fingerprint density at radius 2 is 2.00 bits per heavy atom. The molecule has 0 aliphatic carbocycles. The fourth-order valence-corrected chi connectivity index (χ4v) is 2.80. The number of methoxy groups -OCH3 is 1. The van der Waals surface area contributed by atoms with Crippen molar-refractivity contribution in [1.29, 1.82) is 0 Å². The topological polar surface area (TPSA) is 71.2 Å². The highest BCUT2D eigenvalue weighted by Crippen LogP contribution is 2.26. The van der Waals surface area contributed by atoms with Crippen LogP contribution in [0.5, 0.6) is 0 Å². The van der Waals surface area contributed by atoms with Gasteiger partial charge in [-0.3, -0.25) is 9.59 Å². The lowest BCUT2D eigenvalue weighted by Gasteiger charge is -2.03. The number of hydrogen-bond acceptors (Lipinski definition) is 3. The molecule has 0 unspecified atom stereocenters. The van der Waals surface area contributed by atoms with E-state index in [1.54, 1.807) is 6.08 Å². The van der Waals surface area contributed by atoms with E-state index in [2.05, 4.69) is 16.9 Å². The van der Waals surface area contributed by atoms with Crippen LogP contribution in [0.1, 0.15) is 35.9 Å². The van der Waals surface area contributed by atoms with E-state index in [9.17, 15) is 9.59 Å². The van der Waals surface area contributed by atoms with Gasteiger partial charge in [0.05, 0.1) is 7.11 Å². The second kappa shape index (κ2) is 6.69. The third kappa shape index (κ3) is 3.28. The molecule has 0 saturated carbocycles. The van der Waals surface area contributed by atoms with Crippen LogP contribution in [0.15, 0.2) is 29.5 Å². The molecule has 2 rings (SSSR count). The van der Waals surface area contributed by atoms with Gasteiger partial charge in [0.1, 0.15) is 0 Å². The van der Waals surface area contributed by atoms with Crippen LogP contribution in [0, 0.1) is 13.8 Å². The minimum Gasteiger partial charge on any atom is -0.469 e. The summed E-state index contributed by atoms with van der Waals surface area (Å²) in [6.07, 6.45) is 4.47. The van der Waals surface area contributed by atoms with Crippen LogP contribution in [0.4, 0.5) is 0 Å². The van der Waals surface area contributed by atoms with Crippen molar-refractivity contribution in [3.63, 3.8) is 0 Å². The third-order valence-electron chi connectivity index (χ3n) is 4.23. The molecule has 0 radical (unpaired) electrons. The summed E-state index contributed by atoms with van der Waals surface area (Å²) in [6, 6.07) is 0. The highest BCUT2D eigenvalue weighted by atomic mass is 16.5. The first-order chi connectivity index (χ1) is 10.9. The number of amides is 1. The summed E-state index contributed by atoms with van der Waals surface area (Å²) < 4.78 is 4.69. The van der Waals surface area contributed by atoms with E-state index in [4.69, 9.17) is 4.74 Å². The van der Waals surface area contributed by atoms with Gasteiger partial charge in [0.2, 0.25) is 0 Å². The number of aryl methyl sites for hydroxylation is 1. The van der Waals surface area contributed by atoms with Crippen molar-refractivity contribution in [3.05, 3.63) is 52.0 Å². The number of allylic oxidation sites excluding steroid dienone is 1. The molecule has 0 spiro atoms. The van der Waals surface area contributed by atoms with E-state index in [0.717, 1.165) is 33.8 Å². The number of aromatic amines is 1. The van der Waals surface area contributed by atoms with Crippen molar-refractivity contribution in [2.24, 2.45) is 0 Å². The number of ether oxygens (including phenoxy) is 1. The molecule has 1 aliphatic heterocycles. The van der Waals surface area contributed by atoms with Gasteiger partial charge in [0, 0.05) is 29.1 Å². The van der Waals surface area contributed by atoms with Gasteiger partial charge in [-0.2, -0.15) is 0 Å². The summed E-state index contributed by atoms with van der Waals surface area (Å²) >= 11 is 0. The molecule has 2 heterocycles. The van der Waals surface area contributed by atoms with Crippen LogP contribution in [-0.2, 0) is 20.7 Å². The molecule has 1 aliphatic rings. The lowest BCUT2D eigenvalue weighted by molar-refractivity contribution is -0.140. The Balaban J connectivity index is 2.31.